The van der Waals surface area contributed by atoms with Crippen molar-refractivity contribution in [2.45, 2.75) is 38.6 Å². The van der Waals surface area contributed by atoms with E-state index >= 15 is 0 Å². The molecule has 0 amide bonds. The Bertz CT molecular complexity index is 380. The maximum absolute atomic E-state index is 6.32. The molecule has 0 bridgehead atoms. The molecule has 106 valence electrons. The van der Waals surface area contributed by atoms with Gasteiger partial charge < -0.3 is 10.5 Å². The Morgan fingerprint density at radius 2 is 2.21 bits per heavy atom. The fraction of sp³-hybridized carbons (Fsp3) is 0.667. The summed E-state index contributed by atoms with van der Waals surface area (Å²) in [7, 11) is 0. The zero-order chi connectivity index (χ0) is 13.5. The van der Waals surface area contributed by atoms with Gasteiger partial charge in [0.15, 0.2) is 0 Å². The van der Waals surface area contributed by atoms with Crippen LogP contribution in [0.1, 0.15) is 44.2 Å². The lowest BCUT2D eigenvalue weighted by Crippen LogP contribution is -2.19. The van der Waals surface area contributed by atoms with E-state index in [0.29, 0.717) is 0 Å². The number of hydrogen-bond donors (Lipinski definition) is 1. The van der Waals surface area contributed by atoms with Crippen LogP contribution in [0.2, 0.25) is 0 Å². The minimum absolute atomic E-state index is 0.0887. The van der Waals surface area contributed by atoms with E-state index in [1.807, 2.05) is 12.3 Å². The number of nitrogens with two attached hydrogens (primary N) is 1. The predicted octanol–water partition coefficient (Wildman–Crippen LogP) is 3.40. The van der Waals surface area contributed by atoms with Gasteiger partial charge in [-0.3, -0.25) is 4.98 Å². The minimum Gasteiger partial charge on any atom is -0.492 e. The third-order valence-corrected chi connectivity index (χ3v) is 4.61. The number of pyridine rings is 1. The monoisotopic (exact) mass is 280 g/mol. The van der Waals surface area contributed by atoms with Crippen molar-refractivity contribution in [2.75, 3.05) is 18.1 Å². The van der Waals surface area contributed by atoms with E-state index < -0.39 is 0 Å². The van der Waals surface area contributed by atoms with E-state index in [0.717, 1.165) is 36.7 Å². The summed E-state index contributed by atoms with van der Waals surface area (Å²) in [6.07, 6.45) is 8.33. The summed E-state index contributed by atoms with van der Waals surface area (Å²) < 4.78 is 5.61. The van der Waals surface area contributed by atoms with Crippen LogP contribution in [0.25, 0.3) is 0 Å². The van der Waals surface area contributed by atoms with Crippen LogP contribution in [-0.4, -0.2) is 23.1 Å². The highest BCUT2D eigenvalue weighted by Gasteiger charge is 2.18. The van der Waals surface area contributed by atoms with Crippen LogP contribution in [-0.2, 0) is 0 Å². The summed E-state index contributed by atoms with van der Waals surface area (Å²) >= 11 is 2.06. The molecule has 4 heteroatoms. The van der Waals surface area contributed by atoms with E-state index in [9.17, 15) is 0 Å². The molecule has 0 aliphatic carbocycles. The zero-order valence-corrected chi connectivity index (χ0v) is 12.5. The van der Waals surface area contributed by atoms with Crippen molar-refractivity contribution in [3.05, 3.63) is 24.0 Å². The molecule has 1 fully saturated rings. The summed E-state index contributed by atoms with van der Waals surface area (Å²) in [6.45, 7) is 2.84. The lowest BCUT2D eigenvalue weighted by Gasteiger charge is -2.24. The van der Waals surface area contributed by atoms with E-state index in [-0.39, 0.29) is 6.04 Å². The number of rotatable bonds is 6. The highest BCUT2D eigenvalue weighted by atomic mass is 32.2. The first-order valence-corrected chi connectivity index (χ1v) is 8.36. The van der Waals surface area contributed by atoms with Gasteiger partial charge in [-0.2, -0.15) is 11.8 Å². The summed E-state index contributed by atoms with van der Waals surface area (Å²) in [4.78, 5) is 4.24. The summed E-state index contributed by atoms with van der Waals surface area (Å²) in [6, 6.07) is 2.14. The molecule has 1 atom stereocenters. The quantitative estimate of drug-likeness (QED) is 0.867. The molecule has 0 aromatic carbocycles. The minimum atomic E-state index is 0.0887. The van der Waals surface area contributed by atoms with Gasteiger partial charge >= 0.3 is 0 Å². The normalized spacial score (nSPS) is 18.2. The number of thioether (sulfide) groups is 1. The van der Waals surface area contributed by atoms with Gasteiger partial charge in [-0.15, -0.1) is 0 Å². The number of hydrogen-bond acceptors (Lipinski definition) is 4. The molecule has 2 N–H and O–H groups in total. The Labute approximate surface area is 120 Å². The van der Waals surface area contributed by atoms with Gasteiger partial charge in [-0.25, -0.2) is 0 Å². The fourth-order valence-electron chi connectivity index (χ4n) is 2.41. The standard InChI is InChI=1S/C15H24N2OS/c1-2-5-18-14-9-13(10-17-11-14)15(16)8-12-3-6-19-7-4-12/h9-12,15H,2-8,16H2,1H3. The molecule has 1 saturated heterocycles. The van der Waals surface area contributed by atoms with Crippen molar-refractivity contribution >= 4 is 11.8 Å². The van der Waals surface area contributed by atoms with Gasteiger partial charge in [0.05, 0.1) is 12.8 Å². The van der Waals surface area contributed by atoms with E-state index in [4.69, 9.17) is 10.5 Å². The smallest absolute Gasteiger partial charge is 0.137 e. The predicted molar refractivity (Wildman–Crippen MR) is 81.6 cm³/mol. The Morgan fingerprint density at radius 3 is 2.95 bits per heavy atom. The first kappa shape index (κ1) is 14.7. The van der Waals surface area contributed by atoms with Crippen molar-refractivity contribution in [2.24, 2.45) is 11.7 Å². The molecule has 1 unspecified atom stereocenters. The lowest BCUT2D eigenvalue weighted by atomic mass is 9.92. The molecule has 0 saturated carbocycles. The molecule has 2 heterocycles. The lowest BCUT2D eigenvalue weighted by molar-refractivity contribution is 0.315. The average Bonchev–Trinajstić information content (AvgIpc) is 2.46. The largest absolute Gasteiger partial charge is 0.492 e. The Hall–Kier alpha value is -0.740. The Morgan fingerprint density at radius 1 is 1.42 bits per heavy atom. The highest BCUT2D eigenvalue weighted by molar-refractivity contribution is 7.99. The van der Waals surface area contributed by atoms with Gasteiger partial charge in [-0.05, 0) is 54.7 Å². The van der Waals surface area contributed by atoms with Crippen LogP contribution >= 0.6 is 11.8 Å². The molecular weight excluding hydrogens is 256 g/mol. The number of nitrogens with zero attached hydrogens (tertiary/aromatic N) is 1. The second-order valence-electron chi connectivity index (χ2n) is 5.20. The molecule has 1 aliphatic rings. The SMILES string of the molecule is CCCOc1cncc(C(N)CC2CCSCC2)c1. The molecule has 1 aromatic heterocycles. The Kier molecular flexibility index (Phi) is 5.98. The fourth-order valence-corrected chi connectivity index (χ4v) is 3.62. The third kappa shape index (κ3) is 4.69. The average molecular weight is 280 g/mol. The molecule has 2 rings (SSSR count). The van der Waals surface area contributed by atoms with Crippen LogP contribution < -0.4 is 10.5 Å². The molecule has 0 spiro atoms. The molecule has 19 heavy (non-hydrogen) atoms. The van der Waals surface area contributed by atoms with Gasteiger partial charge in [0.1, 0.15) is 5.75 Å². The van der Waals surface area contributed by atoms with Gasteiger partial charge in [0.25, 0.3) is 0 Å². The van der Waals surface area contributed by atoms with Crippen LogP contribution in [0.15, 0.2) is 18.5 Å². The van der Waals surface area contributed by atoms with Crippen molar-refractivity contribution < 1.29 is 4.74 Å². The maximum atomic E-state index is 6.32. The summed E-state index contributed by atoms with van der Waals surface area (Å²) in [5.41, 5.74) is 7.42. The number of aromatic nitrogens is 1. The zero-order valence-electron chi connectivity index (χ0n) is 11.7. The van der Waals surface area contributed by atoms with E-state index in [2.05, 4.69) is 23.7 Å². The van der Waals surface area contributed by atoms with E-state index in [1.54, 1.807) is 6.20 Å². The van der Waals surface area contributed by atoms with Crippen molar-refractivity contribution in [3.63, 3.8) is 0 Å². The van der Waals surface area contributed by atoms with Crippen LogP contribution in [0.5, 0.6) is 5.75 Å². The number of ether oxygens (including phenoxy) is 1. The summed E-state index contributed by atoms with van der Waals surface area (Å²) in [5, 5.41) is 0. The van der Waals surface area contributed by atoms with E-state index in [1.165, 1.54) is 24.3 Å². The highest BCUT2D eigenvalue weighted by Crippen LogP contribution is 2.30. The second-order valence-corrected chi connectivity index (χ2v) is 6.43. The third-order valence-electron chi connectivity index (χ3n) is 3.56. The van der Waals surface area contributed by atoms with Gasteiger partial charge in [-0.1, -0.05) is 6.92 Å². The maximum Gasteiger partial charge on any atom is 0.137 e. The van der Waals surface area contributed by atoms with Gasteiger partial charge in [0, 0.05) is 12.2 Å². The van der Waals surface area contributed by atoms with Gasteiger partial charge in [0.2, 0.25) is 0 Å². The molecule has 3 nitrogen and oxygen atoms in total. The first-order chi connectivity index (χ1) is 9.29. The first-order valence-electron chi connectivity index (χ1n) is 7.20. The van der Waals surface area contributed by atoms with Crippen LogP contribution in [0, 0.1) is 5.92 Å². The van der Waals surface area contributed by atoms with Crippen molar-refractivity contribution in [1.29, 1.82) is 0 Å². The van der Waals surface area contributed by atoms with Crippen LogP contribution in [0.4, 0.5) is 0 Å². The van der Waals surface area contributed by atoms with Crippen molar-refractivity contribution in [1.82, 2.24) is 4.98 Å². The molecule has 0 radical (unpaired) electrons. The Balaban J connectivity index is 1.91. The molecular formula is C15H24N2OS. The topological polar surface area (TPSA) is 48.1 Å². The molecule has 1 aliphatic heterocycles. The second kappa shape index (κ2) is 7.75. The van der Waals surface area contributed by atoms with Crippen molar-refractivity contribution in [3.8, 4) is 5.75 Å². The summed E-state index contributed by atoms with van der Waals surface area (Å²) in [5.74, 6) is 4.19. The van der Waals surface area contributed by atoms with Crippen LogP contribution in [0.3, 0.4) is 0 Å². The molecule has 1 aromatic rings.